The molecule has 104 valence electrons. The number of para-hydroxylation sites is 2. The number of aromatic nitrogens is 2. The Morgan fingerprint density at radius 3 is 1.67 bits per heavy atom. The van der Waals surface area contributed by atoms with Crippen LogP contribution in [0.4, 0.5) is 0 Å². The van der Waals surface area contributed by atoms with Crippen LogP contribution in [0.1, 0.15) is 11.1 Å². The average Bonchev–Trinajstić information content (AvgIpc) is 3.07. The van der Waals surface area contributed by atoms with Gasteiger partial charge in [-0.15, -0.1) is 0 Å². The quantitative estimate of drug-likeness (QED) is 0.426. The van der Waals surface area contributed by atoms with Crippen molar-refractivity contribution in [3.05, 3.63) is 68.9 Å². The van der Waals surface area contributed by atoms with E-state index < -0.39 is 0 Å². The molecule has 0 amide bonds. The molecule has 4 heteroatoms. The van der Waals surface area contributed by atoms with Crippen molar-refractivity contribution in [2.75, 3.05) is 0 Å². The fraction of sp³-hybridized carbons (Fsp3) is 0.0588. The Morgan fingerprint density at radius 2 is 1.19 bits per heavy atom. The van der Waals surface area contributed by atoms with Crippen molar-refractivity contribution < 1.29 is 0 Å². The zero-order valence-electron chi connectivity index (χ0n) is 11.1. The molecule has 21 heavy (non-hydrogen) atoms. The van der Waals surface area contributed by atoms with E-state index in [-0.39, 0.29) is 0 Å². The molecule has 2 heterocycles. The zero-order valence-corrected chi connectivity index (χ0v) is 14.3. The molecule has 2 N–H and O–H groups in total. The summed E-state index contributed by atoms with van der Waals surface area (Å²) in [6, 6.07) is 12.6. The highest BCUT2D eigenvalue weighted by Crippen LogP contribution is 2.30. The Bertz CT molecular complexity index is 872. The third-order valence-electron chi connectivity index (χ3n) is 3.88. The van der Waals surface area contributed by atoms with Gasteiger partial charge in [-0.2, -0.15) is 0 Å². The first-order valence-electron chi connectivity index (χ1n) is 6.73. The fourth-order valence-corrected chi connectivity index (χ4v) is 3.81. The lowest BCUT2D eigenvalue weighted by Crippen LogP contribution is -1.85. The molecule has 2 aromatic heterocycles. The maximum absolute atomic E-state index is 3.59. The van der Waals surface area contributed by atoms with Gasteiger partial charge in [-0.1, -0.05) is 24.3 Å². The number of H-pyrrole nitrogens is 2. The van der Waals surface area contributed by atoms with E-state index in [0.717, 1.165) is 26.4 Å². The Labute approximate surface area is 138 Å². The van der Waals surface area contributed by atoms with Crippen molar-refractivity contribution in [2.24, 2.45) is 0 Å². The van der Waals surface area contributed by atoms with Crippen LogP contribution in [0.15, 0.2) is 57.7 Å². The molecule has 0 fully saturated rings. The van der Waals surface area contributed by atoms with E-state index in [2.05, 4.69) is 90.6 Å². The van der Waals surface area contributed by atoms with Crippen molar-refractivity contribution in [3.8, 4) is 0 Å². The van der Waals surface area contributed by atoms with Crippen LogP contribution in [0.25, 0.3) is 21.8 Å². The first kappa shape index (κ1) is 13.2. The van der Waals surface area contributed by atoms with Gasteiger partial charge in [0.25, 0.3) is 0 Å². The summed E-state index contributed by atoms with van der Waals surface area (Å²) in [4.78, 5) is 6.72. The van der Waals surface area contributed by atoms with Gasteiger partial charge in [-0.25, -0.2) is 0 Å². The maximum Gasteiger partial charge on any atom is 0.0601 e. The van der Waals surface area contributed by atoms with Crippen LogP contribution in [0, 0.1) is 0 Å². The minimum atomic E-state index is 0.910. The normalized spacial score (nSPS) is 11.5. The lowest BCUT2D eigenvalue weighted by Gasteiger charge is -2.00. The first-order valence-corrected chi connectivity index (χ1v) is 8.31. The van der Waals surface area contributed by atoms with Gasteiger partial charge >= 0.3 is 0 Å². The Balaban J connectivity index is 1.83. The van der Waals surface area contributed by atoms with Gasteiger partial charge in [-0.05, 0) is 55.1 Å². The number of hydrogen-bond acceptors (Lipinski definition) is 0. The van der Waals surface area contributed by atoms with Gasteiger partial charge in [0.05, 0.1) is 11.0 Å². The molecule has 0 radical (unpaired) electrons. The SMILES string of the molecule is Brc1cccc2c(Cc3c[nH]c4c(Br)cccc34)c[nH]c12. The van der Waals surface area contributed by atoms with E-state index in [1.807, 2.05) is 0 Å². The minimum absolute atomic E-state index is 0.910. The number of halogens is 2. The van der Waals surface area contributed by atoms with Gasteiger partial charge in [0.15, 0.2) is 0 Å². The number of benzene rings is 2. The molecule has 2 aromatic carbocycles. The van der Waals surface area contributed by atoms with Gasteiger partial charge in [0.1, 0.15) is 0 Å². The molecule has 0 atom stereocenters. The van der Waals surface area contributed by atoms with E-state index in [1.165, 1.54) is 21.9 Å². The molecule has 0 saturated carbocycles. The van der Waals surface area contributed by atoms with Crippen LogP contribution in [0.2, 0.25) is 0 Å². The summed E-state index contributed by atoms with van der Waals surface area (Å²) in [6.07, 6.45) is 5.12. The molecule has 4 rings (SSSR count). The first-order chi connectivity index (χ1) is 10.2. The summed E-state index contributed by atoms with van der Waals surface area (Å²) in [5, 5.41) is 2.54. The van der Waals surface area contributed by atoms with E-state index >= 15 is 0 Å². The van der Waals surface area contributed by atoms with Gasteiger partial charge in [-0.3, -0.25) is 0 Å². The number of fused-ring (bicyclic) bond motifs is 2. The smallest absolute Gasteiger partial charge is 0.0601 e. The molecule has 4 aromatic rings. The highest BCUT2D eigenvalue weighted by Gasteiger charge is 2.10. The highest BCUT2D eigenvalue weighted by atomic mass is 79.9. The van der Waals surface area contributed by atoms with Crippen LogP contribution < -0.4 is 0 Å². The molecule has 2 nitrogen and oxygen atoms in total. The highest BCUT2D eigenvalue weighted by molar-refractivity contribution is 9.11. The fourth-order valence-electron chi connectivity index (χ4n) is 2.85. The van der Waals surface area contributed by atoms with E-state index in [0.29, 0.717) is 0 Å². The number of rotatable bonds is 2. The van der Waals surface area contributed by atoms with E-state index in [9.17, 15) is 0 Å². The molecule has 0 bridgehead atoms. The van der Waals surface area contributed by atoms with Crippen molar-refractivity contribution in [1.82, 2.24) is 9.97 Å². The van der Waals surface area contributed by atoms with Crippen LogP contribution in [-0.4, -0.2) is 9.97 Å². The molecule has 0 unspecified atom stereocenters. The Kier molecular flexibility index (Phi) is 3.16. The molecule has 0 saturated heterocycles. The summed E-state index contributed by atoms with van der Waals surface area (Å²) in [5.74, 6) is 0. The van der Waals surface area contributed by atoms with Crippen LogP contribution in [0.5, 0.6) is 0 Å². The minimum Gasteiger partial charge on any atom is -0.360 e. The van der Waals surface area contributed by atoms with E-state index in [4.69, 9.17) is 0 Å². The van der Waals surface area contributed by atoms with Crippen molar-refractivity contribution >= 4 is 53.7 Å². The zero-order chi connectivity index (χ0) is 14.4. The number of aromatic amines is 2. The van der Waals surface area contributed by atoms with Crippen molar-refractivity contribution in [1.29, 1.82) is 0 Å². The number of nitrogens with one attached hydrogen (secondary N) is 2. The second-order valence-electron chi connectivity index (χ2n) is 5.13. The average molecular weight is 404 g/mol. The van der Waals surface area contributed by atoms with Crippen molar-refractivity contribution in [3.63, 3.8) is 0 Å². The monoisotopic (exact) mass is 402 g/mol. The maximum atomic E-state index is 3.59. The Morgan fingerprint density at radius 1 is 0.714 bits per heavy atom. The third kappa shape index (κ3) is 2.14. The predicted octanol–water partition coefficient (Wildman–Crippen LogP) is 5.77. The second-order valence-corrected chi connectivity index (χ2v) is 6.84. The van der Waals surface area contributed by atoms with Gasteiger partial charge in [0.2, 0.25) is 0 Å². The summed E-state index contributed by atoms with van der Waals surface area (Å²) in [6.45, 7) is 0. The predicted molar refractivity (Wildman–Crippen MR) is 94.8 cm³/mol. The molecule has 0 aliphatic heterocycles. The molecule has 0 aliphatic rings. The standard InChI is InChI=1S/C17H12Br2N2/c18-14-5-1-3-12-10(8-20-16(12)14)7-11-9-21-17-13(11)4-2-6-15(17)19/h1-6,8-9,20-21H,7H2. The van der Waals surface area contributed by atoms with Crippen LogP contribution in [0.3, 0.4) is 0 Å². The molecule has 0 spiro atoms. The lowest BCUT2D eigenvalue weighted by atomic mass is 10.0. The number of hydrogen-bond donors (Lipinski definition) is 2. The third-order valence-corrected chi connectivity index (χ3v) is 5.20. The largest absolute Gasteiger partial charge is 0.360 e. The van der Waals surface area contributed by atoms with Crippen LogP contribution in [-0.2, 0) is 6.42 Å². The summed E-state index contributed by atoms with van der Waals surface area (Å²) >= 11 is 7.19. The van der Waals surface area contributed by atoms with Crippen LogP contribution >= 0.6 is 31.9 Å². The molecule has 0 aliphatic carbocycles. The van der Waals surface area contributed by atoms with Crippen molar-refractivity contribution in [2.45, 2.75) is 6.42 Å². The van der Waals surface area contributed by atoms with E-state index in [1.54, 1.807) is 0 Å². The van der Waals surface area contributed by atoms with Gasteiger partial charge in [0, 0.05) is 38.5 Å². The summed E-state index contributed by atoms with van der Waals surface area (Å²) in [7, 11) is 0. The lowest BCUT2D eigenvalue weighted by molar-refractivity contribution is 1.22. The van der Waals surface area contributed by atoms with Gasteiger partial charge < -0.3 is 9.97 Å². The summed E-state index contributed by atoms with van der Waals surface area (Å²) < 4.78 is 2.21. The summed E-state index contributed by atoms with van der Waals surface area (Å²) in [5.41, 5.74) is 4.95. The molecular weight excluding hydrogens is 392 g/mol. The molecular formula is C17H12Br2N2. The Hall–Kier alpha value is -1.52. The topological polar surface area (TPSA) is 31.6 Å². The second kappa shape index (κ2) is 5.04.